The van der Waals surface area contributed by atoms with Gasteiger partial charge in [-0.05, 0) is 30.2 Å². The van der Waals surface area contributed by atoms with Crippen LogP contribution < -0.4 is 10.3 Å². The number of nitrogens with zero attached hydrogens (tertiary/aromatic N) is 2. The predicted molar refractivity (Wildman–Crippen MR) is 84.3 cm³/mol. The first-order valence-corrected chi connectivity index (χ1v) is 6.90. The Kier molecular flexibility index (Phi) is 5.08. The fourth-order valence-electron chi connectivity index (χ4n) is 1.79. The molecule has 23 heavy (non-hydrogen) atoms. The molecule has 0 aliphatic heterocycles. The summed E-state index contributed by atoms with van der Waals surface area (Å²) in [5.41, 5.74) is -1.17. The number of aromatic nitrogens is 2. The number of aromatic hydroxyl groups is 1. The summed E-state index contributed by atoms with van der Waals surface area (Å²) in [4.78, 5) is 26.9. The number of ether oxygens (including phenoxy) is 1. The summed E-state index contributed by atoms with van der Waals surface area (Å²) in [7, 11) is 0. The Bertz CT molecular complexity index is 781. The van der Waals surface area contributed by atoms with Gasteiger partial charge in [-0.1, -0.05) is 25.1 Å². The normalized spacial score (nSPS) is 10.8. The molecule has 8 heteroatoms. The molecule has 0 saturated carbocycles. The van der Waals surface area contributed by atoms with Gasteiger partial charge in [-0.3, -0.25) is 14.9 Å². The van der Waals surface area contributed by atoms with E-state index in [1.807, 2.05) is 19.1 Å². The van der Waals surface area contributed by atoms with Crippen LogP contribution in [-0.4, -0.2) is 26.6 Å². The van der Waals surface area contributed by atoms with Gasteiger partial charge in [0.15, 0.2) is 0 Å². The van der Waals surface area contributed by atoms with Crippen LogP contribution in [0.15, 0.2) is 29.1 Å². The first kappa shape index (κ1) is 16.2. The first-order valence-electron chi connectivity index (χ1n) is 6.90. The third kappa shape index (κ3) is 4.16. The zero-order valence-corrected chi connectivity index (χ0v) is 12.4. The van der Waals surface area contributed by atoms with Crippen LogP contribution in [0.25, 0.3) is 12.2 Å². The van der Waals surface area contributed by atoms with E-state index in [2.05, 4.69) is 9.97 Å². The standard InChI is InChI=1S/C15H15N3O5/c1-2-9-23-11-6-3-10(4-7-11)5-8-12-16-14(19)13(18(21)22)15(20)17-12/h3-8H,2,9H2,1H3,(H2,16,17,19,20)/b8-5+. The number of H-pyrrole nitrogens is 1. The topological polar surface area (TPSA) is 118 Å². The van der Waals surface area contributed by atoms with Crippen molar-refractivity contribution in [3.05, 3.63) is 56.1 Å². The van der Waals surface area contributed by atoms with Crippen LogP contribution in [0.3, 0.4) is 0 Å². The SMILES string of the molecule is CCCOc1ccc(/C=C/c2nc(O)c([N+](=O)[O-])c(=O)[nH]2)cc1. The van der Waals surface area contributed by atoms with Crippen molar-refractivity contribution >= 4 is 17.8 Å². The van der Waals surface area contributed by atoms with Crippen molar-refractivity contribution in [3.63, 3.8) is 0 Å². The van der Waals surface area contributed by atoms with E-state index in [0.29, 0.717) is 6.61 Å². The average molecular weight is 317 g/mol. The van der Waals surface area contributed by atoms with Crippen LogP contribution in [0.2, 0.25) is 0 Å². The third-order valence-corrected chi connectivity index (χ3v) is 2.86. The van der Waals surface area contributed by atoms with Crippen LogP contribution in [0.4, 0.5) is 5.69 Å². The number of hydrogen-bond donors (Lipinski definition) is 2. The van der Waals surface area contributed by atoms with Gasteiger partial charge in [0, 0.05) is 0 Å². The van der Waals surface area contributed by atoms with Gasteiger partial charge >= 0.3 is 11.2 Å². The van der Waals surface area contributed by atoms with Crippen molar-refractivity contribution in [1.29, 1.82) is 0 Å². The maximum atomic E-state index is 11.5. The summed E-state index contributed by atoms with van der Waals surface area (Å²) in [6.45, 7) is 2.66. The number of nitro groups is 1. The van der Waals surface area contributed by atoms with E-state index in [-0.39, 0.29) is 5.82 Å². The van der Waals surface area contributed by atoms with Crippen molar-refractivity contribution < 1.29 is 14.8 Å². The molecule has 0 aliphatic rings. The largest absolute Gasteiger partial charge is 0.494 e. The molecule has 2 rings (SSSR count). The molecule has 0 amide bonds. The lowest BCUT2D eigenvalue weighted by molar-refractivity contribution is -0.387. The summed E-state index contributed by atoms with van der Waals surface area (Å²) >= 11 is 0. The molecule has 0 atom stereocenters. The molecule has 0 bridgehead atoms. The minimum atomic E-state index is -1.01. The lowest BCUT2D eigenvalue weighted by Crippen LogP contribution is -2.14. The van der Waals surface area contributed by atoms with Gasteiger partial charge in [-0.15, -0.1) is 0 Å². The fourth-order valence-corrected chi connectivity index (χ4v) is 1.79. The summed E-state index contributed by atoms with van der Waals surface area (Å²) in [5, 5.41) is 20.0. The highest BCUT2D eigenvalue weighted by Crippen LogP contribution is 2.18. The van der Waals surface area contributed by atoms with E-state index < -0.39 is 22.0 Å². The first-order chi connectivity index (χ1) is 11.0. The fraction of sp³-hybridized carbons (Fsp3) is 0.200. The van der Waals surface area contributed by atoms with Gasteiger partial charge < -0.3 is 14.8 Å². The van der Waals surface area contributed by atoms with E-state index in [0.717, 1.165) is 17.7 Å². The van der Waals surface area contributed by atoms with Crippen LogP contribution in [0.1, 0.15) is 24.7 Å². The number of nitrogens with one attached hydrogen (secondary N) is 1. The van der Waals surface area contributed by atoms with Crippen molar-refractivity contribution in [1.82, 2.24) is 9.97 Å². The Morgan fingerprint density at radius 1 is 1.35 bits per heavy atom. The van der Waals surface area contributed by atoms with Crippen molar-refractivity contribution in [2.24, 2.45) is 0 Å². The van der Waals surface area contributed by atoms with Crippen molar-refractivity contribution in [3.8, 4) is 11.6 Å². The minimum Gasteiger partial charge on any atom is -0.494 e. The molecule has 2 aromatic rings. The van der Waals surface area contributed by atoms with Gasteiger partial charge in [-0.25, -0.2) is 0 Å². The molecule has 1 heterocycles. The second kappa shape index (κ2) is 7.21. The molecule has 2 N–H and O–H groups in total. The molecular weight excluding hydrogens is 302 g/mol. The molecule has 0 spiro atoms. The Balaban J connectivity index is 2.17. The highest BCUT2D eigenvalue weighted by molar-refractivity contribution is 5.67. The van der Waals surface area contributed by atoms with Gasteiger partial charge in [0.25, 0.3) is 5.88 Å². The monoisotopic (exact) mass is 317 g/mol. The molecule has 0 aliphatic carbocycles. The number of benzene rings is 1. The summed E-state index contributed by atoms with van der Waals surface area (Å²) in [5.74, 6) is -0.144. The van der Waals surface area contributed by atoms with Crippen LogP contribution in [0, 0.1) is 10.1 Å². The predicted octanol–water partition coefficient (Wildman–Crippen LogP) is 2.34. The van der Waals surface area contributed by atoms with Gasteiger partial charge in [-0.2, -0.15) is 4.98 Å². The summed E-state index contributed by atoms with van der Waals surface area (Å²) in [6, 6.07) is 7.23. The lowest BCUT2D eigenvalue weighted by atomic mass is 10.2. The van der Waals surface area contributed by atoms with Crippen molar-refractivity contribution in [2.45, 2.75) is 13.3 Å². The Labute approximate surface area is 131 Å². The minimum absolute atomic E-state index is 0.0180. The van der Waals surface area contributed by atoms with Gasteiger partial charge in [0.2, 0.25) is 0 Å². The molecule has 1 aromatic carbocycles. The Hall–Kier alpha value is -3.16. The van der Waals surface area contributed by atoms with Crippen LogP contribution in [-0.2, 0) is 0 Å². The molecule has 1 aromatic heterocycles. The van der Waals surface area contributed by atoms with Crippen LogP contribution >= 0.6 is 0 Å². The second-order valence-corrected chi connectivity index (χ2v) is 4.63. The molecule has 0 fully saturated rings. The number of aromatic amines is 1. The van der Waals surface area contributed by atoms with E-state index >= 15 is 0 Å². The highest BCUT2D eigenvalue weighted by atomic mass is 16.6. The molecular formula is C15H15N3O5. The maximum Gasteiger partial charge on any atom is 0.395 e. The molecule has 0 radical (unpaired) electrons. The quantitative estimate of drug-likeness (QED) is 0.623. The Morgan fingerprint density at radius 2 is 2.04 bits per heavy atom. The highest BCUT2D eigenvalue weighted by Gasteiger charge is 2.21. The van der Waals surface area contributed by atoms with E-state index in [4.69, 9.17) is 4.74 Å². The average Bonchev–Trinajstić information content (AvgIpc) is 2.51. The van der Waals surface area contributed by atoms with E-state index in [9.17, 15) is 20.0 Å². The zero-order valence-electron chi connectivity index (χ0n) is 12.4. The summed E-state index contributed by atoms with van der Waals surface area (Å²) in [6.07, 6.45) is 4.00. The number of rotatable bonds is 6. The molecule has 0 unspecified atom stereocenters. The second-order valence-electron chi connectivity index (χ2n) is 4.63. The zero-order chi connectivity index (χ0) is 16.8. The number of hydrogen-bond acceptors (Lipinski definition) is 6. The van der Waals surface area contributed by atoms with Gasteiger partial charge in [0.1, 0.15) is 11.6 Å². The summed E-state index contributed by atoms with van der Waals surface area (Å²) < 4.78 is 5.46. The molecule has 120 valence electrons. The molecule has 0 saturated heterocycles. The lowest BCUT2D eigenvalue weighted by Gasteiger charge is -2.04. The molecule has 8 nitrogen and oxygen atoms in total. The Morgan fingerprint density at radius 3 is 2.61 bits per heavy atom. The smallest absolute Gasteiger partial charge is 0.395 e. The van der Waals surface area contributed by atoms with Crippen LogP contribution in [0.5, 0.6) is 11.6 Å². The van der Waals surface area contributed by atoms with Gasteiger partial charge in [0.05, 0.1) is 11.5 Å². The van der Waals surface area contributed by atoms with E-state index in [1.54, 1.807) is 18.2 Å². The third-order valence-electron chi connectivity index (χ3n) is 2.86. The van der Waals surface area contributed by atoms with E-state index in [1.165, 1.54) is 6.08 Å². The maximum absolute atomic E-state index is 11.5. The van der Waals surface area contributed by atoms with Crippen molar-refractivity contribution in [2.75, 3.05) is 6.61 Å².